The molecule has 0 bridgehead atoms. The van der Waals surface area contributed by atoms with Gasteiger partial charge in [-0.05, 0) is 31.1 Å². The number of carboxylic acid groups (broad SMARTS) is 1. The molecule has 1 N–H and O–H groups in total. The molecule has 0 aliphatic carbocycles. The van der Waals surface area contributed by atoms with E-state index in [2.05, 4.69) is 0 Å². The standard InChI is InChI=1S/C17H21NO4/c1-17(2,16(20)21)14-5-3-4-13(12-14)6-7-15(19)18-8-10-22-11-9-18/h3-7,12H,8-11H2,1-2H3,(H,20,21)/b7-6+. The van der Waals surface area contributed by atoms with Crippen LogP contribution < -0.4 is 0 Å². The van der Waals surface area contributed by atoms with E-state index in [-0.39, 0.29) is 5.91 Å². The maximum Gasteiger partial charge on any atom is 0.313 e. The first-order valence-electron chi connectivity index (χ1n) is 7.30. The van der Waals surface area contributed by atoms with Gasteiger partial charge in [-0.15, -0.1) is 0 Å². The maximum absolute atomic E-state index is 12.1. The maximum atomic E-state index is 12.1. The number of morpholine rings is 1. The van der Waals surface area contributed by atoms with Crippen molar-refractivity contribution >= 4 is 18.0 Å². The van der Waals surface area contributed by atoms with Gasteiger partial charge in [0, 0.05) is 19.2 Å². The summed E-state index contributed by atoms with van der Waals surface area (Å²) in [5.74, 6) is -0.927. The van der Waals surface area contributed by atoms with Crippen molar-refractivity contribution in [2.24, 2.45) is 0 Å². The lowest BCUT2D eigenvalue weighted by Crippen LogP contribution is -2.39. The molecule has 2 rings (SSSR count). The molecule has 118 valence electrons. The monoisotopic (exact) mass is 303 g/mol. The number of nitrogens with zero attached hydrogens (tertiary/aromatic N) is 1. The Morgan fingerprint density at radius 2 is 1.95 bits per heavy atom. The molecule has 0 aromatic heterocycles. The molecule has 1 heterocycles. The summed E-state index contributed by atoms with van der Waals surface area (Å²) in [6.07, 6.45) is 3.25. The van der Waals surface area contributed by atoms with Crippen molar-refractivity contribution in [2.75, 3.05) is 26.3 Å². The third-order valence-corrected chi connectivity index (χ3v) is 3.88. The second kappa shape index (κ2) is 6.75. The Bertz CT molecular complexity index is 586. The number of aliphatic carboxylic acids is 1. The average molecular weight is 303 g/mol. The van der Waals surface area contributed by atoms with Crippen molar-refractivity contribution in [1.82, 2.24) is 4.90 Å². The van der Waals surface area contributed by atoms with Crippen LogP contribution in [0.1, 0.15) is 25.0 Å². The molecule has 5 heteroatoms. The quantitative estimate of drug-likeness (QED) is 0.863. The summed E-state index contributed by atoms with van der Waals surface area (Å²) in [5.41, 5.74) is 0.562. The Morgan fingerprint density at radius 3 is 2.59 bits per heavy atom. The van der Waals surface area contributed by atoms with Crippen LogP contribution in [0, 0.1) is 0 Å². The van der Waals surface area contributed by atoms with Crippen molar-refractivity contribution in [2.45, 2.75) is 19.3 Å². The van der Waals surface area contributed by atoms with Gasteiger partial charge in [-0.3, -0.25) is 9.59 Å². The van der Waals surface area contributed by atoms with E-state index in [0.717, 1.165) is 5.56 Å². The van der Waals surface area contributed by atoms with Crippen molar-refractivity contribution in [3.05, 3.63) is 41.5 Å². The number of benzene rings is 1. The third kappa shape index (κ3) is 3.74. The molecule has 1 aromatic carbocycles. The van der Waals surface area contributed by atoms with Crippen LogP contribution in [-0.4, -0.2) is 48.2 Å². The lowest BCUT2D eigenvalue weighted by atomic mass is 9.84. The minimum absolute atomic E-state index is 0.0498. The van der Waals surface area contributed by atoms with Gasteiger partial charge in [0.1, 0.15) is 0 Å². The summed E-state index contributed by atoms with van der Waals surface area (Å²) in [5, 5.41) is 9.28. The molecular weight excluding hydrogens is 282 g/mol. The normalized spacial score (nSPS) is 16.0. The molecule has 1 fully saturated rings. The van der Waals surface area contributed by atoms with Gasteiger partial charge in [0.05, 0.1) is 18.6 Å². The van der Waals surface area contributed by atoms with Crippen molar-refractivity contribution < 1.29 is 19.4 Å². The fourth-order valence-corrected chi connectivity index (χ4v) is 2.21. The van der Waals surface area contributed by atoms with E-state index in [1.807, 2.05) is 6.07 Å². The van der Waals surface area contributed by atoms with Gasteiger partial charge in [0.15, 0.2) is 0 Å². The number of hydrogen-bond donors (Lipinski definition) is 1. The molecule has 0 unspecified atom stereocenters. The Labute approximate surface area is 130 Å². The zero-order valence-electron chi connectivity index (χ0n) is 12.9. The predicted octanol–water partition coefficient (Wildman–Crippen LogP) is 1.92. The molecule has 1 saturated heterocycles. The predicted molar refractivity (Wildman–Crippen MR) is 83.5 cm³/mol. The minimum atomic E-state index is -0.960. The lowest BCUT2D eigenvalue weighted by molar-refractivity contribution is -0.142. The van der Waals surface area contributed by atoms with E-state index in [1.54, 1.807) is 43.0 Å². The summed E-state index contributed by atoms with van der Waals surface area (Å²) < 4.78 is 5.21. The highest BCUT2D eigenvalue weighted by atomic mass is 16.5. The van der Waals surface area contributed by atoms with E-state index < -0.39 is 11.4 Å². The number of hydrogen-bond acceptors (Lipinski definition) is 3. The highest BCUT2D eigenvalue weighted by Gasteiger charge is 2.29. The van der Waals surface area contributed by atoms with Crippen molar-refractivity contribution in [3.8, 4) is 0 Å². The summed E-state index contributed by atoms with van der Waals surface area (Å²) in [7, 11) is 0. The van der Waals surface area contributed by atoms with E-state index in [0.29, 0.717) is 31.9 Å². The summed E-state index contributed by atoms with van der Waals surface area (Å²) in [6, 6.07) is 7.25. The molecule has 5 nitrogen and oxygen atoms in total. The van der Waals surface area contributed by atoms with E-state index in [9.17, 15) is 14.7 Å². The van der Waals surface area contributed by atoms with E-state index in [1.165, 1.54) is 6.08 Å². The Balaban J connectivity index is 2.11. The molecule has 0 radical (unpaired) electrons. The first-order chi connectivity index (χ1) is 10.4. The molecular formula is C17H21NO4. The van der Waals surface area contributed by atoms with Gasteiger partial charge >= 0.3 is 5.97 Å². The highest BCUT2D eigenvalue weighted by Crippen LogP contribution is 2.24. The largest absolute Gasteiger partial charge is 0.481 e. The lowest BCUT2D eigenvalue weighted by Gasteiger charge is -2.25. The highest BCUT2D eigenvalue weighted by molar-refractivity contribution is 5.92. The molecule has 1 aromatic rings. The number of amides is 1. The number of carbonyl (C=O) groups is 2. The second-order valence-corrected chi connectivity index (χ2v) is 5.83. The first kappa shape index (κ1) is 16.2. The number of rotatable bonds is 4. The second-order valence-electron chi connectivity index (χ2n) is 5.83. The molecule has 0 atom stereocenters. The van der Waals surface area contributed by atoms with Gasteiger partial charge < -0.3 is 14.7 Å². The zero-order chi connectivity index (χ0) is 16.2. The third-order valence-electron chi connectivity index (χ3n) is 3.88. The van der Waals surface area contributed by atoms with Crippen LogP contribution >= 0.6 is 0 Å². The summed E-state index contributed by atoms with van der Waals surface area (Å²) in [4.78, 5) is 25.1. The van der Waals surface area contributed by atoms with Gasteiger partial charge in [-0.2, -0.15) is 0 Å². The van der Waals surface area contributed by atoms with Crippen LogP contribution in [0.2, 0.25) is 0 Å². The van der Waals surface area contributed by atoms with E-state index >= 15 is 0 Å². The average Bonchev–Trinajstić information content (AvgIpc) is 2.53. The molecule has 1 aliphatic rings. The van der Waals surface area contributed by atoms with Crippen molar-refractivity contribution in [1.29, 1.82) is 0 Å². The summed E-state index contributed by atoms with van der Waals surface area (Å²) in [6.45, 7) is 5.68. The van der Waals surface area contributed by atoms with Gasteiger partial charge in [0.25, 0.3) is 0 Å². The SMILES string of the molecule is CC(C)(C(=O)O)c1cccc(/C=C/C(=O)N2CCOCC2)c1. The Kier molecular flexibility index (Phi) is 4.98. The molecule has 22 heavy (non-hydrogen) atoms. The molecule has 1 amide bonds. The number of carboxylic acids is 1. The first-order valence-corrected chi connectivity index (χ1v) is 7.30. The molecule has 1 aliphatic heterocycles. The van der Waals surface area contributed by atoms with Crippen LogP contribution in [0.25, 0.3) is 6.08 Å². The Morgan fingerprint density at radius 1 is 1.27 bits per heavy atom. The topological polar surface area (TPSA) is 66.8 Å². The van der Waals surface area contributed by atoms with Crippen LogP contribution in [0.5, 0.6) is 0 Å². The van der Waals surface area contributed by atoms with Gasteiger partial charge in [-0.25, -0.2) is 0 Å². The van der Waals surface area contributed by atoms with Crippen LogP contribution in [-0.2, 0) is 19.7 Å². The minimum Gasteiger partial charge on any atom is -0.481 e. The van der Waals surface area contributed by atoms with Gasteiger partial charge in [0.2, 0.25) is 5.91 Å². The smallest absolute Gasteiger partial charge is 0.313 e. The fourth-order valence-electron chi connectivity index (χ4n) is 2.21. The molecule has 0 spiro atoms. The number of carbonyl (C=O) groups excluding carboxylic acids is 1. The zero-order valence-corrected chi connectivity index (χ0v) is 12.9. The van der Waals surface area contributed by atoms with Crippen molar-refractivity contribution in [3.63, 3.8) is 0 Å². The van der Waals surface area contributed by atoms with Crippen LogP contribution in [0.4, 0.5) is 0 Å². The van der Waals surface area contributed by atoms with Crippen LogP contribution in [0.3, 0.4) is 0 Å². The van der Waals surface area contributed by atoms with E-state index in [4.69, 9.17) is 4.74 Å². The Hall–Kier alpha value is -2.14. The summed E-state index contributed by atoms with van der Waals surface area (Å²) >= 11 is 0. The molecule has 0 saturated carbocycles. The number of ether oxygens (including phenoxy) is 1. The van der Waals surface area contributed by atoms with Gasteiger partial charge in [-0.1, -0.05) is 24.3 Å². The fraction of sp³-hybridized carbons (Fsp3) is 0.412. The van der Waals surface area contributed by atoms with Crippen LogP contribution in [0.15, 0.2) is 30.3 Å².